The van der Waals surface area contributed by atoms with E-state index in [0.717, 1.165) is 38.7 Å². The van der Waals surface area contributed by atoms with Crippen molar-refractivity contribution in [2.24, 2.45) is 4.99 Å². The van der Waals surface area contributed by atoms with Crippen molar-refractivity contribution >= 4 is 35.6 Å². The maximum Gasteiger partial charge on any atom is 0.194 e. The third-order valence-corrected chi connectivity index (χ3v) is 5.23. The van der Waals surface area contributed by atoms with Crippen LogP contribution in [-0.2, 0) is 4.74 Å². The average molecular weight is 488 g/mol. The lowest BCUT2D eigenvalue weighted by atomic mass is 9.95. The first-order chi connectivity index (χ1) is 12.6. The van der Waals surface area contributed by atoms with E-state index in [0.29, 0.717) is 32.6 Å². The van der Waals surface area contributed by atoms with Gasteiger partial charge in [0, 0.05) is 64.5 Å². The summed E-state index contributed by atoms with van der Waals surface area (Å²) in [7, 11) is 0. The van der Waals surface area contributed by atoms with Gasteiger partial charge in [0.1, 0.15) is 0 Å². The van der Waals surface area contributed by atoms with Gasteiger partial charge >= 0.3 is 0 Å². The average Bonchev–Trinajstić information content (AvgIpc) is 2.66. The summed E-state index contributed by atoms with van der Waals surface area (Å²) >= 11 is 0. The Morgan fingerprint density at radius 1 is 1.22 bits per heavy atom. The molecule has 0 atom stereocenters. The second kappa shape index (κ2) is 10.5. The molecule has 0 aliphatic carbocycles. The number of piperazine rings is 1. The monoisotopic (exact) mass is 488 g/mol. The molecule has 0 aromatic heterocycles. The van der Waals surface area contributed by atoms with E-state index in [2.05, 4.69) is 53.2 Å². The summed E-state index contributed by atoms with van der Waals surface area (Å²) < 4.78 is 5.36. The molecule has 2 N–H and O–H groups in total. The summed E-state index contributed by atoms with van der Waals surface area (Å²) in [5, 5.41) is 14.0. The largest absolute Gasteiger partial charge is 0.388 e. The lowest BCUT2D eigenvalue weighted by Gasteiger charge is -2.38. The first-order valence-electron chi connectivity index (χ1n) is 9.75. The Morgan fingerprint density at radius 2 is 1.93 bits per heavy atom. The van der Waals surface area contributed by atoms with Crippen LogP contribution >= 0.6 is 24.0 Å². The highest BCUT2D eigenvalue weighted by molar-refractivity contribution is 14.0. The third kappa shape index (κ3) is 6.22. The number of nitrogens with zero attached hydrogens (tertiary/aromatic N) is 3. The molecule has 2 saturated heterocycles. The second-order valence-electron chi connectivity index (χ2n) is 7.32. The van der Waals surface area contributed by atoms with Crippen LogP contribution in [0.15, 0.2) is 29.3 Å². The summed E-state index contributed by atoms with van der Waals surface area (Å²) in [5.41, 5.74) is 1.87. The van der Waals surface area contributed by atoms with Gasteiger partial charge in [0.2, 0.25) is 0 Å². The summed E-state index contributed by atoms with van der Waals surface area (Å²) in [6.45, 7) is 10.6. The highest BCUT2D eigenvalue weighted by Gasteiger charge is 2.30. The minimum atomic E-state index is -0.720. The van der Waals surface area contributed by atoms with Gasteiger partial charge in [0.25, 0.3) is 0 Å². The molecule has 2 heterocycles. The van der Waals surface area contributed by atoms with Crippen molar-refractivity contribution in [3.8, 4) is 0 Å². The van der Waals surface area contributed by atoms with Crippen LogP contribution in [0.5, 0.6) is 0 Å². The van der Waals surface area contributed by atoms with Gasteiger partial charge in [-0.3, -0.25) is 4.99 Å². The number of hydrogen-bond donors (Lipinski definition) is 2. The van der Waals surface area contributed by atoms with Crippen molar-refractivity contribution in [3.05, 3.63) is 29.8 Å². The maximum atomic E-state index is 10.7. The lowest BCUT2D eigenvalue weighted by molar-refractivity contribution is -0.0566. The van der Waals surface area contributed by atoms with E-state index < -0.39 is 5.60 Å². The number of ether oxygens (including phenoxy) is 1. The van der Waals surface area contributed by atoms with Gasteiger partial charge in [-0.15, -0.1) is 24.0 Å². The molecule has 1 aromatic carbocycles. The van der Waals surface area contributed by atoms with Gasteiger partial charge in [0.05, 0.1) is 12.1 Å². The van der Waals surface area contributed by atoms with E-state index in [1.807, 2.05) is 0 Å². The number of rotatable bonds is 4. The van der Waals surface area contributed by atoms with Crippen LogP contribution in [0.2, 0.25) is 0 Å². The van der Waals surface area contributed by atoms with Gasteiger partial charge in [-0.05, 0) is 31.5 Å². The molecule has 27 heavy (non-hydrogen) atoms. The van der Waals surface area contributed by atoms with Crippen LogP contribution in [0.25, 0.3) is 0 Å². The maximum absolute atomic E-state index is 10.7. The predicted molar refractivity (Wildman–Crippen MR) is 121 cm³/mol. The van der Waals surface area contributed by atoms with Gasteiger partial charge in [-0.1, -0.05) is 12.1 Å². The van der Waals surface area contributed by atoms with Gasteiger partial charge < -0.3 is 25.0 Å². The molecule has 1 aromatic rings. The Kier molecular flexibility index (Phi) is 8.62. The fourth-order valence-electron chi connectivity index (χ4n) is 3.56. The third-order valence-electron chi connectivity index (χ3n) is 5.23. The van der Waals surface area contributed by atoms with Crippen LogP contribution in [0.4, 0.5) is 5.69 Å². The van der Waals surface area contributed by atoms with Crippen molar-refractivity contribution in [2.75, 3.05) is 57.4 Å². The van der Waals surface area contributed by atoms with Crippen molar-refractivity contribution in [2.45, 2.75) is 32.3 Å². The number of hydrogen-bond acceptors (Lipinski definition) is 4. The SMILES string of the molecule is CCNC(=NCC1(O)CCOCC1)N1CCN(c2cccc(C)c2)CC1.I. The Labute approximate surface area is 180 Å². The first-order valence-corrected chi connectivity index (χ1v) is 9.75. The molecule has 2 aliphatic heterocycles. The van der Waals surface area contributed by atoms with E-state index in [1.165, 1.54) is 11.3 Å². The molecular formula is C20H33IN4O2. The van der Waals surface area contributed by atoms with Crippen molar-refractivity contribution in [1.82, 2.24) is 10.2 Å². The molecule has 2 aliphatic rings. The highest BCUT2D eigenvalue weighted by atomic mass is 127. The molecule has 7 heteroatoms. The molecule has 3 rings (SSSR count). The number of nitrogens with one attached hydrogen (secondary N) is 1. The number of halogens is 1. The Bertz CT molecular complexity index is 612. The van der Waals surface area contributed by atoms with Gasteiger partial charge in [0.15, 0.2) is 5.96 Å². The first kappa shape index (κ1) is 22.2. The Morgan fingerprint density at radius 3 is 2.56 bits per heavy atom. The predicted octanol–water partition coefficient (Wildman–Crippen LogP) is 2.24. The van der Waals surface area contributed by atoms with Crippen LogP contribution in [-0.4, -0.2) is 74.0 Å². The summed E-state index contributed by atoms with van der Waals surface area (Å²) in [6.07, 6.45) is 1.33. The fraction of sp³-hybridized carbons (Fsp3) is 0.650. The molecule has 0 unspecified atom stereocenters. The fourth-order valence-corrected chi connectivity index (χ4v) is 3.56. The van der Waals surface area contributed by atoms with Crippen LogP contribution in [0.1, 0.15) is 25.3 Å². The van der Waals surface area contributed by atoms with Crippen LogP contribution in [0, 0.1) is 6.92 Å². The number of anilines is 1. The van der Waals surface area contributed by atoms with E-state index >= 15 is 0 Å². The lowest BCUT2D eigenvalue weighted by Crippen LogP contribution is -2.53. The number of aryl methyl sites for hydroxylation is 1. The molecule has 2 fully saturated rings. The molecule has 152 valence electrons. The molecule has 0 saturated carbocycles. The molecule has 0 spiro atoms. The second-order valence-corrected chi connectivity index (χ2v) is 7.32. The van der Waals surface area contributed by atoms with E-state index in [-0.39, 0.29) is 24.0 Å². The van der Waals surface area contributed by atoms with E-state index in [9.17, 15) is 5.11 Å². The molecule has 0 bridgehead atoms. The number of aliphatic imine (C=N–C) groups is 1. The van der Waals surface area contributed by atoms with Crippen LogP contribution < -0.4 is 10.2 Å². The summed E-state index contributed by atoms with van der Waals surface area (Å²) in [5.74, 6) is 0.913. The Balaban J connectivity index is 0.00000261. The molecular weight excluding hydrogens is 455 g/mol. The van der Waals surface area contributed by atoms with Crippen LogP contribution in [0.3, 0.4) is 0 Å². The highest BCUT2D eigenvalue weighted by Crippen LogP contribution is 2.21. The standard InChI is InChI=1S/C20H32N4O2.HI/c1-3-21-19(22-16-20(25)7-13-26-14-8-20)24-11-9-23(10-12-24)18-6-4-5-17(2)15-18;/h4-6,15,25H,3,7-14,16H2,1-2H3,(H,21,22);1H. The zero-order chi connectivity index (χ0) is 18.4. The number of guanidine groups is 1. The molecule has 0 amide bonds. The zero-order valence-electron chi connectivity index (χ0n) is 16.5. The summed E-state index contributed by atoms with van der Waals surface area (Å²) in [6, 6.07) is 8.69. The van der Waals surface area contributed by atoms with Crippen molar-refractivity contribution < 1.29 is 9.84 Å². The Hall–Kier alpha value is -1.06. The number of benzene rings is 1. The van der Waals surface area contributed by atoms with Gasteiger partial charge in [-0.25, -0.2) is 0 Å². The van der Waals surface area contributed by atoms with E-state index in [1.54, 1.807) is 0 Å². The quantitative estimate of drug-likeness (QED) is 0.387. The molecule has 0 radical (unpaired) electrons. The normalized spacial score (nSPS) is 20.2. The smallest absolute Gasteiger partial charge is 0.194 e. The van der Waals surface area contributed by atoms with Crippen molar-refractivity contribution in [3.63, 3.8) is 0 Å². The van der Waals surface area contributed by atoms with E-state index in [4.69, 9.17) is 9.73 Å². The summed E-state index contributed by atoms with van der Waals surface area (Å²) in [4.78, 5) is 9.49. The zero-order valence-corrected chi connectivity index (χ0v) is 18.8. The molecule has 6 nitrogen and oxygen atoms in total. The number of aliphatic hydroxyl groups is 1. The topological polar surface area (TPSA) is 60.3 Å². The van der Waals surface area contributed by atoms with Crippen molar-refractivity contribution in [1.29, 1.82) is 0 Å². The minimum absolute atomic E-state index is 0. The minimum Gasteiger partial charge on any atom is -0.388 e. The van der Waals surface area contributed by atoms with Gasteiger partial charge in [-0.2, -0.15) is 0 Å².